The van der Waals surface area contributed by atoms with E-state index in [1.54, 1.807) is 4.90 Å². The van der Waals surface area contributed by atoms with Crippen molar-refractivity contribution < 1.29 is 24.2 Å². The van der Waals surface area contributed by atoms with Crippen molar-refractivity contribution >= 4 is 28.3 Å². The van der Waals surface area contributed by atoms with Crippen molar-refractivity contribution in [3.8, 4) is 0 Å². The third-order valence-corrected chi connectivity index (χ3v) is 6.09. The molecule has 1 aromatic heterocycles. The highest BCUT2D eigenvalue weighted by molar-refractivity contribution is 7.17. The van der Waals surface area contributed by atoms with Crippen molar-refractivity contribution in [2.24, 2.45) is 0 Å². The first-order valence-corrected chi connectivity index (χ1v) is 9.92. The van der Waals surface area contributed by atoms with Crippen LogP contribution in [0.1, 0.15) is 34.6 Å². The molecule has 2 aliphatic rings. The molecule has 0 bridgehead atoms. The highest BCUT2D eigenvalue weighted by Gasteiger charge is 2.34. The molecule has 0 radical (unpaired) electrons. The monoisotopic (exact) mass is 397 g/mol. The van der Waals surface area contributed by atoms with Crippen LogP contribution < -0.4 is 5.32 Å². The number of hydrogen-bond acceptors (Lipinski definition) is 7. The number of rotatable bonds is 4. The molecule has 0 aliphatic carbocycles. The van der Waals surface area contributed by atoms with Gasteiger partial charge in [0.05, 0.1) is 31.5 Å². The van der Waals surface area contributed by atoms with Gasteiger partial charge in [0.25, 0.3) is 0 Å². The molecule has 2 N–H and O–H groups in total. The number of carbonyl (C=O) groups is 2. The number of aliphatic hydroxyl groups is 1. The van der Waals surface area contributed by atoms with E-state index < -0.39 is 5.97 Å². The number of carbonyl (C=O) groups excluding carboxylic acids is 2. The average molecular weight is 397 g/mol. The zero-order valence-corrected chi connectivity index (χ0v) is 16.9. The van der Waals surface area contributed by atoms with Gasteiger partial charge in [0.15, 0.2) is 0 Å². The summed E-state index contributed by atoms with van der Waals surface area (Å²) >= 11 is 1.38. The molecule has 1 fully saturated rings. The number of urea groups is 1. The Morgan fingerprint density at radius 2 is 2.00 bits per heavy atom. The predicted octanol–water partition coefficient (Wildman–Crippen LogP) is 1.53. The minimum atomic E-state index is -0.437. The van der Waals surface area contributed by atoms with E-state index in [1.165, 1.54) is 18.4 Å². The van der Waals surface area contributed by atoms with Crippen LogP contribution in [-0.4, -0.2) is 78.9 Å². The van der Waals surface area contributed by atoms with Gasteiger partial charge in [0.1, 0.15) is 5.00 Å². The van der Waals surface area contributed by atoms with Crippen LogP contribution in [0, 0.1) is 0 Å². The van der Waals surface area contributed by atoms with Crippen molar-refractivity contribution in [2.75, 3.05) is 51.8 Å². The molecule has 1 saturated heterocycles. The summed E-state index contributed by atoms with van der Waals surface area (Å²) < 4.78 is 10.8. The second-order valence-electron chi connectivity index (χ2n) is 7.41. The fraction of sp³-hybridized carbons (Fsp3) is 0.667. The lowest BCUT2D eigenvalue weighted by atomic mass is 9.93. The van der Waals surface area contributed by atoms with E-state index in [2.05, 4.69) is 10.2 Å². The SMILES string of the molecule is COC(=O)c1c(NC(=O)N2CCN(CCO)CC2)sc2c1CC(C)(C)OC2. The minimum absolute atomic E-state index is 0.119. The zero-order chi connectivity index (χ0) is 19.6. The Bertz CT molecular complexity index is 710. The average Bonchev–Trinajstić information content (AvgIpc) is 2.97. The van der Waals surface area contributed by atoms with Crippen molar-refractivity contribution in [1.82, 2.24) is 9.80 Å². The van der Waals surface area contributed by atoms with E-state index in [0.29, 0.717) is 43.2 Å². The number of ether oxygens (including phenoxy) is 2. The first-order valence-electron chi connectivity index (χ1n) is 9.10. The zero-order valence-electron chi connectivity index (χ0n) is 16.0. The van der Waals surface area contributed by atoms with Crippen molar-refractivity contribution in [2.45, 2.75) is 32.5 Å². The third kappa shape index (κ3) is 4.43. The second kappa shape index (κ2) is 8.14. The molecular weight excluding hydrogens is 370 g/mol. The van der Waals surface area contributed by atoms with Crippen molar-refractivity contribution in [3.63, 3.8) is 0 Å². The van der Waals surface area contributed by atoms with Crippen LogP contribution in [0.2, 0.25) is 0 Å². The minimum Gasteiger partial charge on any atom is -0.465 e. The van der Waals surface area contributed by atoms with E-state index in [-0.39, 0.29) is 18.2 Å². The van der Waals surface area contributed by atoms with Gasteiger partial charge < -0.3 is 19.5 Å². The number of piperazine rings is 1. The number of methoxy groups -OCH3 is 1. The Morgan fingerprint density at radius 1 is 1.30 bits per heavy atom. The molecule has 0 atom stereocenters. The van der Waals surface area contributed by atoms with Crippen LogP contribution in [0.25, 0.3) is 0 Å². The summed E-state index contributed by atoms with van der Waals surface area (Å²) in [6.07, 6.45) is 0.596. The number of nitrogens with one attached hydrogen (secondary N) is 1. The van der Waals surface area contributed by atoms with Crippen LogP contribution in [0.4, 0.5) is 9.80 Å². The third-order valence-electron chi connectivity index (χ3n) is 4.97. The molecule has 9 heteroatoms. The summed E-state index contributed by atoms with van der Waals surface area (Å²) in [6, 6.07) is -0.220. The van der Waals surface area contributed by atoms with Crippen molar-refractivity contribution in [3.05, 3.63) is 16.0 Å². The predicted molar refractivity (Wildman–Crippen MR) is 102 cm³/mol. The summed E-state index contributed by atoms with van der Waals surface area (Å²) in [5.41, 5.74) is 0.994. The standard InChI is InChI=1S/C18H27N3O5S/c1-18(2)10-12-13(11-26-18)27-15(14(12)16(23)25-3)19-17(24)21-6-4-20(5-7-21)8-9-22/h22H,4-11H2,1-3H3,(H,19,24). The van der Waals surface area contributed by atoms with Gasteiger partial charge in [-0.25, -0.2) is 9.59 Å². The second-order valence-corrected chi connectivity index (χ2v) is 8.51. The Hall–Kier alpha value is -1.68. The number of anilines is 1. The Labute approximate surface area is 163 Å². The molecule has 1 aromatic rings. The first-order chi connectivity index (χ1) is 12.8. The molecule has 3 rings (SSSR count). The fourth-order valence-corrected chi connectivity index (χ4v) is 4.56. The number of thiophene rings is 1. The molecule has 0 spiro atoms. The summed E-state index contributed by atoms with van der Waals surface area (Å²) in [6.45, 7) is 7.75. The summed E-state index contributed by atoms with van der Waals surface area (Å²) in [4.78, 5) is 29.9. The van der Waals surface area contributed by atoms with Gasteiger partial charge in [-0.15, -0.1) is 11.3 Å². The molecule has 27 heavy (non-hydrogen) atoms. The molecule has 0 unspecified atom stereocenters. The van der Waals surface area contributed by atoms with Gasteiger partial charge >= 0.3 is 12.0 Å². The lowest BCUT2D eigenvalue weighted by Crippen LogP contribution is -2.50. The van der Waals surface area contributed by atoms with Gasteiger partial charge in [-0.05, 0) is 19.4 Å². The molecule has 2 aliphatic heterocycles. The Morgan fingerprint density at radius 3 is 2.63 bits per heavy atom. The molecule has 2 amide bonds. The maximum Gasteiger partial charge on any atom is 0.341 e. The van der Waals surface area contributed by atoms with Crippen LogP contribution in [0.15, 0.2) is 0 Å². The van der Waals surface area contributed by atoms with E-state index in [4.69, 9.17) is 14.6 Å². The highest BCUT2D eigenvalue weighted by atomic mass is 32.1. The fourth-order valence-electron chi connectivity index (χ4n) is 3.45. The maximum absolute atomic E-state index is 12.7. The lowest BCUT2D eigenvalue weighted by Gasteiger charge is -2.34. The number of amides is 2. The van der Waals surface area contributed by atoms with E-state index >= 15 is 0 Å². The topological polar surface area (TPSA) is 91.3 Å². The largest absolute Gasteiger partial charge is 0.465 e. The van der Waals surface area contributed by atoms with Crippen molar-refractivity contribution in [1.29, 1.82) is 0 Å². The number of aliphatic hydroxyl groups excluding tert-OH is 1. The van der Waals surface area contributed by atoms with Crippen LogP contribution in [0.5, 0.6) is 0 Å². The molecule has 150 valence electrons. The van der Waals surface area contributed by atoms with Gasteiger partial charge in [0.2, 0.25) is 0 Å². The number of fused-ring (bicyclic) bond motifs is 1. The van der Waals surface area contributed by atoms with Gasteiger partial charge in [-0.2, -0.15) is 0 Å². The smallest absolute Gasteiger partial charge is 0.341 e. The summed E-state index contributed by atoms with van der Waals surface area (Å²) in [5.74, 6) is -0.437. The van der Waals surface area contributed by atoms with Gasteiger partial charge in [0, 0.05) is 44.0 Å². The Kier molecular flexibility index (Phi) is 6.05. The highest BCUT2D eigenvalue weighted by Crippen LogP contribution is 2.40. The van der Waals surface area contributed by atoms with Crippen LogP contribution >= 0.6 is 11.3 Å². The van der Waals surface area contributed by atoms with E-state index in [0.717, 1.165) is 23.5 Å². The van der Waals surface area contributed by atoms with Crippen LogP contribution in [0.3, 0.4) is 0 Å². The molecule has 3 heterocycles. The summed E-state index contributed by atoms with van der Waals surface area (Å²) in [7, 11) is 1.35. The number of esters is 1. The maximum atomic E-state index is 12.7. The molecular formula is C18H27N3O5S. The van der Waals surface area contributed by atoms with Gasteiger partial charge in [-0.3, -0.25) is 10.2 Å². The van der Waals surface area contributed by atoms with E-state index in [1.807, 2.05) is 13.8 Å². The number of nitrogens with zero attached hydrogens (tertiary/aromatic N) is 2. The number of hydrogen-bond donors (Lipinski definition) is 2. The normalized spacial score (nSPS) is 19.5. The first kappa shape index (κ1) is 20.1. The summed E-state index contributed by atoms with van der Waals surface area (Å²) in [5, 5.41) is 12.5. The Balaban J connectivity index is 1.76. The van der Waals surface area contributed by atoms with Crippen LogP contribution in [-0.2, 0) is 22.5 Å². The lowest BCUT2D eigenvalue weighted by molar-refractivity contribution is -0.0384. The number of β-amino-alcohol motifs (C(OH)–C–C–N with tert-alkyl or cyclic N) is 1. The van der Waals surface area contributed by atoms with Gasteiger partial charge in [-0.1, -0.05) is 0 Å². The molecule has 0 saturated carbocycles. The molecule has 8 nitrogen and oxygen atoms in total. The quantitative estimate of drug-likeness (QED) is 0.749. The van der Waals surface area contributed by atoms with E-state index in [9.17, 15) is 9.59 Å². The molecule has 0 aromatic carbocycles.